The van der Waals surface area contributed by atoms with Gasteiger partial charge < -0.3 is 5.32 Å². The van der Waals surface area contributed by atoms with Crippen molar-refractivity contribution in [3.8, 4) is 0 Å². The van der Waals surface area contributed by atoms with Crippen molar-refractivity contribution in [3.05, 3.63) is 57.6 Å². The normalized spacial score (nSPS) is 17.8. The zero-order valence-electron chi connectivity index (χ0n) is 11.6. The summed E-state index contributed by atoms with van der Waals surface area (Å²) in [5.41, 5.74) is 3.73. The predicted octanol–water partition coefficient (Wildman–Crippen LogP) is 3.43. The Morgan fingerprint density at radius 2 is 2.30 bits per heavy atom. The molecule has 0 spiro atoms. The number of nitrogens with zero attached hydrogens (tertiary/aromatic N) is 2. The molecule has 1 N–H and O–H groups in total. The first-order valence-electron chi connectivity index (χ1n) is 7.02. The Labute approximate surface area is 128 Å². The fourth-order valence-corrected chi connectivity index (χ4v) is 3.25. The summed E-state index contributed by atoms with van der Waals surface area (Å²) >= 11 is 3.50. The van der Waals surface area contributed by atoms with E-state index in [0.29, 0.717) is 6.04 Å². The van der Waals surface area contributed by atoms with Crippen molar-refractivity contribution in [2.45, 2.75) is 31.7 Å². The van der Waals surface area contributed by atoms with Gasteiger partial charge in [-0.25, -0.2) is 9.97 Å². The Balaban J connectivity index is 1.85. The smallest absolute Gasteiger partial charge is 0.132 e. The second-order valence-electron chi connectivity index (χ2n) is 5.23. The third-order valence-corrected chi connectivity index (χ3v) is 4.32. The highest BCUT2D eigenvalue weighted by molar-refractivity contribution is 9.10. The third kappa shape index (κ3) is 2.91. The fourth-order valence-electron chi connectivity index (χ4n) is 2.80. The lowest BCUT2D eigenvalue weighted by atomic mass is 9.92. The molecular weight excluding hydrogens is 314 g/mol. The van der Waals surface area contributed by atoms with E-state index in [0.717, 1.165) is 23.1 Å². The van der Waals surface area contributed by atoms with Gasteiger partial charge in [-0.3, -0.25) is 0 Å². The van der Waals surface area contributed by atoms with E-state index in [1.165, 1.54) is 29.7 Å². The maximum atomic E-state index is 4.77. The largest absolute Gasteiger partial charge is 0.313 e. The zero-order chi connectivity index (χ0) is 13.9. The zero-order valence-corrected chi connectivity index (χ0v) is 13.2. The predicted molar refractivity (Wildman–Crippen MR) is 83.7 cm³/mol. The Morgan fingerprint density at radius 3 is 3.10 bits per heavy atom. The van der Waals surface area contributed by atoms with Crippen LogP contribution in [0.15, 0.2) is 34.9 Å². The van der Waals surface area contributed by atoms with Gasteiger partial charge in [0.2, 0.25) is 0 Å². The SMILES string of the molecule is CNC1CCCc2nc(Cc3cccc(Br)c3)ncc21. The molecule has 1 aromatic carbocycles. The number of hydrogen-bond donors (Lipinski definition) is 1. The van der Waals surface area contributed by atoms with Gasteiger partial charge in [0.15, 0.2) is 0 Å². The maximum Gasteiger partial charge on any atom is 0.132 e. The van der Waals surface area contributed by atoms with Crippen molar-refractivity contribution in [2.24, 2.45) is 0 Å². The summed E-state index contributed by atoms with van der Waals surface area (Å²) in [7, 11) is 2.01. The first kappa shape index (κ1) is 13.7. The van der Waals surface area contributed by atoms with Crippen molar-refractivity contribution in [2.75, 3.05) is 7.05 Å². The number of rotatable bonds is 3. The molecule has 1 aliphatic carbocycles. The van der Waals surface area contributed by atoms with Crippen molar-refractivity contribution in [3.63, 3.8) is 0 Å². The molecule has 3 rings (SSSR count). The number of nitrogens with one attached hydrogen (secondary N) is 1. The molecular formula is C16H18BrN3. The van der Waals surface area contributed by atoms with Gasteiger partial charge in [0.05, 0.1) is 0 Å². The minimum absolute atomic E-state index is 0.415. The number of hydrogen-bond acceptors (Lipinski definition) is 3. The van der Waals surface area contributed by atoms with E-state index in [-0.39, 0.29) is 0 Å². The molecule has 0 fully saturated rings. The molecule has 0 aliphatic heterocycles. The van der Waals surface area contributed by atoms with Crippen LogP contribution in [0.5, 0.6) is 0 Å². The molecule has 20 heavy (non-hydrogen) atoms. The van der Waals surface area contributed by atoms with E-state index < -0.39 is 0 Å². The molecule has 1 heterocycles. The highest BCUT2D eigenvalue weighted by Gasteiger charge is 2.20. The number of fused-ring (bicyclic) bond motifs is 1. The van der Waals surface area contributed by atoms with Gasteiger partial charge >= 0.3 is 0 Å². The van der Waals surface area contributed by atoms with E-state index in [2.05, 4.69) is 44.4 Å². The molecule has 0 amide bonds. The van der Waals surface area contributed by atoms with Crippen molar-refractivity contribution >= 4 is 15.9 Å². The topological polar surface area (TPSA) is 37.8 Å². The van der Waals surface area contributed by atoms with E-state index in [4.69, 9.17) is 4.98 Å². The van der Waals surface area contributed by atoms with Gasteiger partial charge in [-0.05, 0) is 44.0 Å². The van der Waals surface area contributed by atoms with E-state index in [1.807, 2.05) is 19.3 Å². The molecule has 0 radical (unpaired) electrons. The lowest BCUT2D eigenvalue weighted by Crippen LogP contribution is -2.23. The molecule has 1 aromatic heterocycles. The van der Waals surface area contributed by atoms with Crippen molar-refractivity contribution in [1.29, 1.82) is 0 Å². The van der Waals surface area contributed by atoms with E-state index in [1.54, 1.807) is 0 Å². The quantitative estimate of drug-likeness (QED) is 0.936. The number of benzene rings is 1. The maximum absolute atomic E-state index is 4.77. The van der Waals surface area contributed by atoms with Gasteiger partial charge in [0.25, 0.3) is 0 Å². The van der Waals surface area contributed by atoms with Crippen LogP contribution in [0.25, 0.3) is 0 Å². The second-order valence-corrected chi connectivity index (χ2v) is 6.14. The van der Waals surface area contributed by atoms with Crippen molar-refractivity contribution in [1.82, 2.24) is 15.3 Å². The number of halogens is 1. The highest BCUT2D eigenvalue weighted by atomic mass is 79.9. The van der Waals surface area contributed by atoms with Crippen LogP contribution in [-0.2, 0) is 12.8 Å². The first-order chi connectivity index (χ1) is 9.76. The van der Waals surface area contributed by atoms with Crippen LogP contribution >= 0.6 is 15.9 Å². The summed E-state index contributed by atoms with van der Waals surface area (Å²) < 4.78 is 1.10. The first-order valence-corrected chi connectivity index (χ1v) is 7.82. The molecule has 3 nitrogen and oxygen atoms in total. The summed E-state index contributed by atoms with van der Waals surface area (Å²) in [6.45, 7) is 0. The van der Waals surface area contributed by atoms with Crippen LogP contribution in [0.1, 0.15) is 41.5 Å². The summed E-state index contributed by atoms with van der Waals surface area (Å²) in [5.74, 6) is 0.915. The van der Waals surface area contributed by atoms with Crippen LogP contribution < -0.4 is 5.32 Å². The van der Waals surface area contributed by atoms with Gasteiger partial charge in [-0.2, -0.15) is 0 Å². The van der Waals surface area contributed by atoms with Gasteiger partial charge in [0, 0.05) is 34.4 Å². The molecule has 0 saturated heterocycles. The minimum Gasteiger partial charge on any atom is -0.313 e. The van der Waals surface area contributed by atoms with Crippen LogP contribution in [-0.4, -0.2) is 17.0 Å². The van der Waals surface area contributed by atoms with Crippen LogP contribution in [0, 0.1) is 0 Å². The Bertz CT molecular complexity index is 612. The molecule has 1 atom stereocenters. The monoisotopic (exact) mass is 331 g/mol. The number of aromatic nitrogens is 2. The average Bonchev–Trinajstić information content (AvgIpc) is 2.46. The van der Waals surface area contributed by atoms with Crippen LogP contribution in [0.4, 0.5) is 0 Å². The average molecular weight is 332 g/mol. The standard InChI is InChI=1S/C16H18BrN3/c1-18-14-6-3-7-15-13(14)10-19-16(20-15)9-11-4-2-5-12(17)8-11/h2,4-5,8,10,14,18H,3,6-7,9H2,1H3. The van der Waals surface area contributed by atoms with Gasteiger partial charge in [-0.15, -0.1) is 0 Å². The fraction of sp³-hybridized carbons (Fsp3) is 0.375. The second kappa shape index (κ2) is 6.02. The van der Waals surface area contributed by atoms with E-state index in [9.17, 15) is 0 Å². The van der Waals surface area contributed by atoms with Crippen LogP contribution in [0.3, 0.4) is 0 Å². The van der Waals surface area contributed by atoms with Crippen molar-refractivity contribution < 1.29 is 0 Å². The molecule has 0 saturated carbocycles. The molecule has 0 bridgehead atoms. The lowest BCUT2D eigenvalue weighted by Gasteiger charge is -2.24. The third-order valence-electron chi connectivity index (χ3n) is 3.83. The summed E-state index contributed by atoms with van der Waals surface area (Å²) in [6.07, 6.45) is 6.25. The minimum atomic E-state index is 0.415. The van der Waals surface area contributed by atoms with Gasteiger partial charge in [0.1, 0.15) is 5.82 Å². The summed E-state index contributed by atoms with van der Waals surface area (Å²) in [6, 6.07) is 8.74. The van der Waals surface area contributed by atoms with Crippen LogP contribution in [0.2, 0.25) is 0 Å². The Kier molecular flexibility index (Phi) is 4.13. The molecule has 104 valence electrons. The Hall–Kier alpha value is -1.26. The summed E-state index contributed by atoms with van der Waals surface area (Å²) in [5, 5.41) is 3.35. The van der Waals surface area contributed by atoms with E-state index >= 15 is 0 Å². The lowest BCUT2D eigenvalue weighted by molar-refractivity contribution is 0.485. The summed E-state index contributed by atoms with van der Waals surface area (Å²) in [4.78, 5) is 9.32. The molecule has 1 unspecified atom stereocenters. The molecule has 2 aromatic rings. The van der Waals surface area contributed by atoms with Gasteiger partial charge in [-0.1, -0.05) is 28.1 Å². The highest BCUT2D eigenvalue weighted by Crippen LogP contribution is 2.27. The Morgan fingerprint density at radius 1 is 1.40 bits per heavy atom. The molecule has 4 heteroatoms. The number of aryl methyl sites for hydroxylation is 1. The molecule has 1 aliphatic rings.